The van der Waals surface area contributed by atoms with Crippen LogP contribution in [0.4, 0.5) is 0 Å². The number of aromatic nitrogens is 4. The Bertz CT molecular complexity index is 1100. The van der Waals surface area contributed by atoms with Crippen molar-refractivity contribution < 1.29 is 4.79 Å². The molecule has 0 saturated heterocycles. The largest absolute Gasteiger partial charge is 0.338 e. The number of halogens is 1. The summed E-state index contributed by atoms with van der Waals surface area (Å²) in [6.45, 7) is 11.4. The number of carbonyl (C=O) groups excluding carboxylic acids is 1. The van der Waals surface area contributed by atoms with Gasteiger partial charge in [0.1, 0.15) is 5.15 Å². The molecular formula is C24H30ClN5O. The average Bonchev–Trinajstić information content (AvgIpc) is 3.15. The fourth-order valence-electron chi connectivity index (χ4n) is 3.54. The maximum absolute atomic E-state index is 12.8. The molecule has 0 aliphatic heterocycles. The van der Waals surface area contributed by atoms with Crippen LogP contribution in [0.25, 0.3) is 11.8 Å². The van der Waals surface area contributed by atoms with Gasteiger partial charge in [0, 0.05) is 43.0 Å². The number of aryl methyl sites for hydroxylation is 2. The van der Waals surface area contributed by atoms with Crippen molar-refractivity contribution in [3.05, 3.63) is 69.8 Å². The lowest BCUT2D eigenvalue weighted by Gasteiger charge is -2.15. The number of para-hydroxylation sites is 1. The molecule has 0 fully saturated rings. The minimum absolute atomic E-state index is 0.0988. The highest BCUT2D eigenvalue weighted by molar-refractivity contribution is 6.31. The molecule has 1 aromatic carbocycles. The molecule has 0 spiro atoms. The van der Waals surface area contributed by atoms with E-state index in [4.69, 9.17) is 11.6 Å². The summed E-state index contributed by atoms with van der Waals surface area (Å²) in [5, 5.41) is 9.72. The zero-order chi connectivity index (χ0) is 22.7. The molecule has 0 unspecified atom stereocenters. The third kappa shape index (κ3) is 5.07. The molecule has 2 heterocycles. The third-order valence-electron chi connectivity index (χ3n) is 5.25. The fourth-order valence-corrected chi connectivity index (χ4v) is 3.85. The lowest BCUT2D eigenvalue weighted by atomic mass is 10.1. The van der Waals surface area contributed by atoms with Crippen LogP contribution in [-0.2, 0) is 17.9 Å². The number of carbonyl (C=O) groups is 1. The molecule has 7 heteroatoms. The monoisotopic (exact) mass is 439 g/mol. The molecule has 0 aliphatic carbocycles. The van der Waals surface area contributed by atoms with E-state index in [0.29, 0.717) is 17.6 Å². The fraction of sp³-hybridized carbons (Fsp3) is 0.375. The van der Waals surface area contributed by atoms with Gasteiger partial charge in [-0.15, -0.1) is 0 Å². The summed E-state index contributed by atoms with van der Waals surface area (Å²) in [5.74, 6) is 0.336. The van der Waals surface area contributed by atoms with Crippen molar-refractivity contribution in [2.75, 3.05) is 7.05 Å². The van der Waals surface area contributed by atoms with E-state index >= 15 is 0 Å². The minimum atomic E-state index is -0.0988. The molecule has 2 aromatic heterocycles. The minimum Gasteiger partial charge on any atom is -0.338 e. The number of amides is 1. The smallest absolute Gasteiger partial charge is 0.246 e. The first-order chi connectivity index (χ1) is 14.7. The highest BCUT2D eigenvalue weighted by atomic mass is 35.5. The maximum atomic E-state index is 12.8. The van der Waals surface area contributed by atoms with Gasteiger partial charge in [-0.2, -0.15) is 10.2 Å². The molecule has 0 bridgehead atoms. The third-order valence-corrected chi connectivity index (χ3v) is 5.65. The van der Waals surface area contributed by atoms with Gasteiger partial charge in [0.2, 0.25) is 5.91 Å². The van der Waals surface area contributed by atoms with Crippen LogP contribution >= 0.6 is 11.6 Å². The van der Waals surface area contributed by atoms with E-state index in [1.807, 2.05) is 55.8 Å². The van der Waals surface area contributed by atoms with Crippen molar-refractivity contribution in [1.29, 1.82) is 0 Å². The second-order valence-corrected chi connectivity index (χ2v) is 8.65. The molecule has 6 nitrogen and oxygen atoms in total. The van der Waals surface area contributed by atoms with Crippen molar-refractivity contribution in [2.45, 2.75) is 47.7 Å². The highest BCUT2D eigenvalue weighted by Crippen LogP contribution is 2.23. The van der Waals surface area contributed by atoms with Crippen molar-refractivity contribution >= 4 is 23.6 Å². The summed E-state index contributed by atoms with van der Waals surface area (Å²) in [6.07, 6.45) is 3.31. The Morgan fingerprint density at radius 2 is 1.81 bits per heavy atom. The van der Waals surface area contributed by atoms with Crippen LogP contribution in [0.5, 0.6) is 0 Å². The second-order valence-electron chi connectivity index (χ2n) is 8.29. The van der Waals surface area contributed by atoms with Crippen LogP contribution in [-0.4, -0.2) is 37.4 Å². The van der Waals surface area contributed by atoms with Crippen LogP contribution in [0.3, 0.4) is 0 Å². The Balaban J connectivity index is 1.75. The summed E-state index contributed by atoms with van der Waals surface area (Å²) >= 11 is 6.48. The molecule has 0 N–H and O–H groups in total. The van der Waals surface area contributed by atoms with Crippen molar-refractivity contribution in [3.63, 3.8) is 0 Å². The van der Waals surface area contributed by atoms with E-state index in [1.54, 1.807) is 28.8 Å². The predicted molar refractivity (Wildman–Crippen MR) is 125 cm³/mol. The molecule has 0 aliphatic rings. The van der Waals surface area contributed by atoms with Gasteiger partial charge in [0.15, 0.2) is 0 Å². The van der Waals surface area contributed by atoms with Gasteiger partial charge in [0.05, 0.1) is 17.1 Å². The Morgan fingerprint density at radius 1 is 1.13 bits per heavy atom. The van der Waals surface area contributed by atoms with Crippen LogP contribution in [0.15, 0.2) is 36.4 Å². The number of benzene rings is 1. The number of nitrogens with zero attached hydrogens (tertiary/aromatic N) is 5. The Labute approximate surface area is 189 Å². The van der Waals surface area contributed by atoms with Crippen LogP contribution < -0.4 is 0 Å². The van der Waals surface area contributed by atoms with Crippen molar-refractivity contribution in [2.24, 2.45) is 5.92 Å². The first-order valence-corrected chi connectivity index (χ1v) is 10.8. The van der Waals surface area contributed by atoms with Crippen LogP contribution in [0.1, 0.15) is 42.1 Å². The van der Waals surface area contributed by atoms with E-state index in [0.717, 1.165) is 40.4 Å². The van der Waals surface area contributed by atoms with Crippen molar-refractivity contribution in [3.8, 4) is 5.69 Å². The van der Waals surface area contributed by atoms with Crippen molar-refractivity contribution in [1.82, 2.24) is 24.5 Å². The molecule has 0 atom stereocenters. The summed E-state index contributed by atoms with van der Waals surface area (Å²) in [4.78, 5) is 14.5. The topological polar surface area (TPSA) is 56.0 Å². The number of hydrogen-bond acceptors (Lipinski definition) is 3. The normalized spacial score (nSPS) is 11.6. The van der Waals surface area contributed by atoms with Gasteiger partial charge in [-0.05, 0) is 44.9 Å². The summed E-state index contributed by atoms with van der Waals surface area (Å²) in [7, 11) is 1.79. The molecule has 3 aromatic rings. The quantitative estimate of drug-likeness (QED) is 0.488. The maximum Gasteiger partial charge on any atom is 0.246 e. The van der Waals surface area contributed by atoms with Gasteiger partial charge < -0.3 is 4.90 Å². The average molecular weight is 440 g/mol. The molecule has 164 valence electrons. The SMILES string of the molecule is Cc1nn(CC(C)C)c(Cl)c1/C=C/C(=O)N(C)Cc1c(C)nn(-c2ccccc2)c1C. The molecule has 0 saturated carbocycles. The summed E-state index contributed by atoms with van der Waals surface area (Å²) < 4.78 is 3.71. The predicted octanol–water partition coefficient (Wildman–Crippen LogP) is 4.98. The molecule has 31 heavy (non-hydrogen) atoms. The molecule has 1 amide bonds. The van der Waals surface area contributed by atoms with Gasteiger partial charge in [-0.3, -0.25) is 9.48 Å². The Morgan fingerprint density at radius 3 is 2.45 bits per heavy atom. The lowest BCUT2D eigenvalue weighted by molar-refractivity contribution is -0.125. The Kier molecular flexibility index (Phi) is 7.01. The van der Waals surface area contributed by atoms with E-state index < -0.39 is 0 Å². The lowest BCUT2D eigenvalue weighted by Crippen LogP contribution is -2.24. The van der Waals surface area contributed by atoms with Gasteiger partial charge in [-0.25, -0.2) is 4.68 Å². The van der Waals surface area contributed by atoms with Gasteiger partial charge in [0.25, 0.3) is 0 Å². The zero-order valence-corrected chi connectivity index (χ0v) is 19.8. The first-order valence-electron chi connectivity index (χ1n) is 10.5. The Hall–Kier alpha value is -2.86. The van der Waals surface area contributed by atoms with E-state index in [1.165, 1.54) is 0 Å². The van der Waals surface area contributed by atoms with E-state index in [9.17, 15) is 4.79 Å². The number of rotatable bonds is 7. The van der Waals surface area contributed by atoms with Gasteiger partial charge in [-0.1, -0.05) is 43.6 Å². The summed E-state index contributed by atoms with van der Waals surface area (Å²) in [5.41, 5.74) is 5.60. The number of hydrogen-bond donors (Lipinski definition) is 0. The second kappa shape index (κ2) is 9.52. The highest BCUT2D eigenvalue weighted by Gasteiger charge is 2.17. The summed E-state index contributed by atoms with van der Waals surface area (Å²) in [6, 6.07) is 10.00. The van der Waals surface area contributed by atoms with Crippen LogP contribution in [0.2, 0.25) is 5.15 Å². The van der Waals surface area contributed by atoms with E-state index in [2.05, 4.69) is 24.0 Å². The van der Waals surface area contributed by atoms with E-state index in [-0.39, 0.29) is 5.91 Å². The zero-order valence-electron chi connectivity index (χ0n) is 19.1. The first kappa shape index (κ1) is 22.8. The van der Waals surface area contributed by atoms with Crippen LogP contribution in [0, 0.1) is 26.7 Å². The standard InChI is InChI=1S/C24H30ClN5O/c1-16(2)14-29-24(25)21(17(3)26-29)12-13-23(31)28(6)15-22-18(4)27-30(19(22)5)20-10-8-7-9-11-20/h7-13,16H,14-15H2,1-6H3/b13-12+. The molecular weight excluding hydrogens is 410 g/mol. The molecule has 0 radical (unpaired) electrons. The molecule has 3 rings (SSSR count). The van der Waals surface area contributed by atoms with Gasteiger partial charge >= 0.3 is 0 Å². The number of likely N-dealkylation sites (N-methyl/N-ethyl adjacent to an activating group) is 1.